The zero-order chi connectivity index (χ0) is 55.8. The first kappa shape index (κ1) is 52.8. The van der Waals surface area contributed by atoms with E-state index < -0.39 is 0 Å². The second-order valence-corrected chi connectivity index (χ2v) is 34.1. The molecule has 1 aromatic heterocycles. The van der Waals surface area contributed by atoms with E-state index in [9.17, 15) is 0 Å². The number of benzene rings is 5. The number of nitrogens with zero attached hydrogens (tertiary/aromatic N) is 2. The van der Waals surface area contributed by atoms with Gasteiger partial charge in [-0.25, -0.2) is 0 Å². The molecular weight excluding hydrogens is 960 g/mol. The maximum atomic E-state index is 2.83. The van der Waals surface area contributed by atoms with Crippen LogP contribution in [0.15, 0.2) is 78.9 Å². The maximum Gasteiger partial charge on any atom is 0.253 e. The first-order valence-corrected chi connectivity index (χ1v) is 31.5. The highest BCUT2D eigenvalue weighted by Crippen LogP contribution is 2.59. The molecule has 6 aromatic rings. The van der Waals surface area contributed by atoms with Gasteiger partial charge in [-0.1, -0.05) is 175 Å². The van der Waals surface area contributed by atoms with Crippen molar-refractivity contribution in [3.63, 3.8) is 0 Å². The van der Waals surface area contributed by atoms with Crippen LogP contribution in [0.5, 0.6) is 0 Å². The van der Waals surface area contributed by atoms with Crippen LogP contribution in [-0.2, 0) is 54.1 Å². The fourth-order valence-corrected chi connectivity index (χ4v) is 18.5. The monoisotopic (exact) mass is 1050 g/mol. The molecule has 0 saturated heterocycles. The Morgan fingerprint density at radius 2 is 0.692 bits per heavy atom. The lowest BCUT2D eigenvalue weighted by Gasteiger charge is -2.48. The first-order valence-electron chi connectivity index (χ1n) is 30.7. The molecule has 0 unspecified atom stereocenters. The molecule has 0 radical (unpaired) electrons. The van der Waals surface area contributed by atoms with Crippen LogP contribution in [0.2, 0.25) is 0 Å². The molecule has 0 bridgehead atoms. The van der Waals surface area contributed by atoms with E-state index in [1.54, 1.807) is 21.5 Å². The fraction of sp³-hybridized carbons (Fsp3) is 0.541. The molecule has 0 atom stereocenters. The predicted molar refractivity (Wildman–Crippen MR) is 340 cm³/mol. The van der Waals surface area contributed by atoms with Gasteiger partial charge in [0.2, 0.25) is 0 Å². The highest BCUT2D eigenvalue weighted by molar-refractivity contribution is 7.20. The van der Waals surface area contributed by atoms with Crippen molar-refractivity contribution >= 4 is 67.9 Å². The van der Waals surface area contributed by atoms with Gasteiger partial charge < -0.3 is 9.80 Å². The number of fused-ring (bicyclic) bond motifs is 10. The van der Waals surface area contributed by atoms with Gasteiger partial charge in [0.25, 0.3) is 6.71 Å². The lowest BCUT2D eigenvalue weighted by molar-refractivity contribution is 0.332. The van der Waals surface area contributed by atoms with Crippen LogP contribution in [0.25, 0.3) is 11.1 Å². The first-order chi connectivity index (χ1) is 36.1. The van der Waals surface area contributed by atoms with Gasteiger partial charge in [-0.3, -0.25) is 0 Å². The van der Waals surface area contributed by atoms with Crippen molar-refractivity contribution in [2.24, 2.45) is 0 Å². The van der Waals surface area contributed by atoms with Crippen molar-refractivity contribution < 1.29 is 0 Å². The SMILES string of the molecule is CC1(C)CCC(C)(C)c2cc(-c3cc4c5c(c3)N(c3ccc6c(c3)C(C)(C)CCC6(C)C)c3sc6c(c3B5c3cc5c(cc3N4c3ccc4c(c3)C(C)(C)CCC4(C)C)C(C)(C)CCC5(C)C)C(C)(C)CCC6(C)C)ccc21. The number of anilines is 6. The summed E-state index contributed by atoms with van der Waals surface area (Å²) >= 11 is 2.15. The Balaban J connectivity index is 1.20. The van der Waals surface area contributed by atoms with Crippen molar-refractivity contribution in [3.8, 4) is 11.1 Å². The zero-order valence-electron chi connectivity index (χ0n) is 52.0. The van der Waals surface area contributed by atoms with Gasteiger partial charge in [-0.15, -0.1) is 11.3 Å². The molecule has 5 aromatic carbocycles. The van der Waals surface area contributed by atoms with Crippen molar-refractivity contribution in [1.82, 2.24) is 0 Å². The van der Waals surface area contributed by atoms with E-state index in [0.29, 0.717) is 0 Å². The van der Waals surface area contributed by atoms with Gasteiger partial charge in [0, 0.05) is 33.3 Å². The molecule has 2 nitrogen and oxygen atoms in total. The molecule has 7 aliphatic rings. The minimum atomic E-state index is 0.00738. The third-order valence-corrected chi connectivity index (χ3v) is 24.5. The Kier molecular flexibility index (Phi) is 10.9. The molecule has 408 valence electrons. The van der Waals surface area contributed by atoms with Gasteiger partial charge >= 0.3 is 0 Å². The Hall–Kier alpha value is -4.54. The van der Waals surface area contributed by atoms with Crippen molar-refractivity contribution in [3.05, 3.63) is 134 Å². The topological polar surface area (TPSA) is 6.48 Å². The number of hydrogen-bond donors (Lipinski definition) is 0. The lowest BCUT2D eigenvalue weighted by atomic mass is 9.32. The largest absolute Gasteiger partial charge is 0.311 e. The van der Waals surface area contributed by atoms with Crippen molar-refractivity contribution in [2.75, 3.05) is 9.80 Å². The summed E-state index contributed by atoms with van der Waals surface area (Å²) in [4.78, 5) is 7.25. The summed E-state index contributed by atoms with van der Waals surface area (Å²) in [5.41, 5.74) is 28.4. The minimum absolute atomic E-state index is 0.00738. The third kappa shape index (κ3) is 7.50. The van der Waals surface area contributed by atoms with Crippen molar-refractivity contribution in [2.45, 2.75) is 257 Å². The summed E-state index contributed by atoms with van der Waals surface area (Å²) in [5, 5.41) is 1.44. The molecule has 3 heterocycles. The average Bonchev–Trinajstić information content (AvgIpc) is 2.56. The molecule has 0 fully saturated rings. The Labute approximate surface area is 476 Å². The standard InChI is InChI=1S/C74H93BN2S/c1-65(2)27-30-68(7,8)51-37-44(21-24-48(51)65)45-38-58-61-59(39-45)77(47-23-26-50-53(41-47)70(11,12)32-29-67(50,5)6)64-62(60-63(78-64)74(19,20)36-35-73(60,17)18)75(61)56-42-54-55(72(15,16)34-33-71(54,13)14)43-57(56)76(58)46-22-25-49-52(40-46)69(9,10)31-28-66(49,3)4/h21-26,37-43H,27-36H2,1-20H3. The minimum Gasteiger partial charge on any atom is -0.311 e. The van der Waals surface area contributed by atoms with Crippen LogP contribution in [0.4, 0.5) is 33.4 Å². The van der Waals surface area contributed by atoms with Crippen LogP contribution >= 0.6 is 11.3 Å². The number of hydrogen-bond acceptors (Lipinski definition) is 3. The van der Waals surface area contributed by atoms with Gasteiger partial charge in [0.05, 0.1) is 5.00 Å². The normalized spacial score (nSPS) is 23.8. The molecular formula is C74H93BN2S. The van der Waals surface area contributed by atoms with Gasteiger partial charge in [-0.05, 0) is 238 Å². The summed E-state index contributed by atoms with van der Waals surface area (Å²) in [6.45, 7) is 50.4. The van der Waals surface area contributed by atoms with Crippen LogP contribution in [0, 0.1) is 0 Å². The molecule has 4 heteroatoms. The summed E-state index contributed by atoms with van der Waals surface area (Å²) < 4.78 is 0. The van der Waals surface area contributed by atoms with Gasteiger partial charge in [0.15, 0.2) is 0 Å². The molecule has 5 aliphatic carbocycles. The molecule has 2 aliphatic heterocycles. The maximum absolute atomic E-state index is 2.83. The van der Waals surface area contributed by atoms with E-state index in [0.717, 1.165) is 0 Å². The molecule has 13 rings (SSSR count). The van der Waals surface area contributed by atoms with E-state index in [4.69, 9.17) is 0 Å². The Bertz CT molecular complexity index is 3560. The highest BCUT2D eigenvalue weighted by atomic mass is 32.1. The predicted octanol–water partition coefficient (Wildman–Crippen LogP) is 19.2. The Morgan fingerprint density at radius 3 is 1.18 bits per heavy atom. The number of thiophene rings is 1. The van der Waals surface area contributed by atoms with E-state index in [2.05, 4.69) is 238 Å². The zero-order valence-corrected chi connectivity index (χ0v) is 52.8. The van der Waals surface area contributed by atoms with Crippen LogP contribution in [-0.4, -0.2) is 6.71 Å². The molecule has 78 heavy (non-hydrogen) atoms. The summed E-state index contributed by atoms with van der Waals surface area (Å²) in [6.07, 6.45) is 11.9. The Morgan fingerprint density at radius 1 is 0.321 bits per heavy atom. The highest BCUT2D eigenvalue weighted by Gasteiger charge is 2.53. The third-order valence-electron chi connectivity index (χ3n) is 22.9. The van der Waals surface area contributed by atoms with Gasteiger partial charge in [0.1, 0.15) is 0 Å². The van der Waals surface area contributed by atoms with E-state index in [-0.39, 0.29) is 60.9 Å². The smallest absolute Gasteiger partial charge is 0.253 e. The van der Waals surface area contributed by atoms with Crippen LogP contribution in [0.3, 0.4) is 0 Å². The summed E-state index contributed by atoms with van der Waals surface area (Å²) in [6, 6.07) is 34.0. The fourth-order valence-electron chi connectivity index (χ4n) is 16.8. The average molecular weight is 1050 g/mol. The van der Waals surface area contributed by atoms with Crippen molar-refractivity contribution in [1.29, 1.82) is 0 Å². The lowest BCUT2D eigenvalue weighted by Crippen LogP contribution is -2.63. The summed E-state index contributed by atoms with van der Waals surface area (Å²) in [5.74, 6) is 0. The summed E-state index contributed by atoms with van der Waals surface area (Å²) in [7, 11) is 0. The van der Waals surface area contributed by atoms with E-state index >= 15 is 0 Å². The molecule has 0 spiro atoms. The number of rotatable bonds is 3. The second kappa shape index (κ2) is 16.1. The molecule has 0 N–H and O–H groups in total. The van der Waals surface area contributed by atoms with Crippen LogP contribution < -0.4 is 26.2 Å². The van der Waals surface area contributed by atoms with E-state index in [1.165, 1.54) is 159 Å². The van der Waals surface area contributed by atoms with Gasteiger partial charge in [-0.2, -0.15) is 0 Å². The molecule has 0 amide bonds. The second-order valence-electron chi connectivity index (χ2n) is 33.1. The van der Waals surface area contributed by atoms with Crippen LogP contribution in [0.1, 0.15) is 258 Å². The quantitative estimate of drug-likeness (QED) is 0.163. The molecule has 0 saturated carbocycles. The van der Waals surface area contributed by atoms with E-state index in [1.807, 2.05) is 0 Å².